The van der Waals surface area contributed by atoms with Crippen LogP contribution in [0.5, 0.6) is 0 Å². The molecule has 0 fully saturated rings. The molecular formula is C18H16ClN5O. The Morgan fingerprint density at radius 2 is 2.04 bits per heavy atom. The van der Waals surface area contributed by atoms with Crippen LogP contribution in [0, 0.1) is 0 Å². The maximum absolute atomic E-state index is 12.6. The van der Waals surface area contributed by atoms with Crippen LogP contribution in [0.3, 0.4) is 0 Å². The lowest BCUT2D eigenvalue weighted by molar-refractivity contribution is 0.0932. The molecule has 1 heterocycles. The normalized spacial score (nSPS) is 15.6. The summed E-state index contributed by atoms with van der Waals surface area (Å²) < 4.78 is 0. The van der Waals surface area contributed by atoms with Gasteiger partial charge in [-0.15, -0.1) is 10.2 Å². The SMILES string of the molecule is O=C(NC1CCc2ccccc21)c1n[nH]nc1Nc1cccc(Cl)c1. The molecule has 3 N–H and O–H groups in total. The average Bonchev–Trinajstić information content (AvgIpc) is 3.22. The highest BCUT2D eigenvalue weighted by Crippen LogP contribution is 2.31. The van der Waals surface area contributed by atoms with Crippen LogP contribution in [-0.2, 0) is 6.42 Å². The Balaban J connectivity index is 1.51. The number of nitrogens with one attached hydrogen (secondary N) is 3. The summed E-state index contributed by atoms with van der Waals surface area (Å²) in [6.45, 7) is 0. The lowest BCUT2D eigenvalue weighted by Crippen LogP contribution is -2.28. The number of carbonyl (C=O) groups excluding carboxylic acids is 1. The second-order valence-corrected chi connectivity index (χ2v) is 6.36. The second-order valence-electron chi connectivity index (χ2n) is 5.92. The Labute approximate surface area is 149 Å². The summed E-state index contributed by atoms with van der Waals surface area (Å²) >= 11 is 5.99. The van der Waals surface area contributed by atoms with Gasteiger partial charge in [0.1, 0.15) is 0 Å². The van der Waals surface area contributed by atoms with Crippen LogP contribution in [0.15, 0.2) is 48.5 Å². The lowest BCUT2D eigenvalue weighted by Gasteiger charge is -2.13. The number of nitrogens with zero attached hydrogens (tertiary/aromatic N) is 2. The summed E-state index contributed by atoms with van der Waals surface area (Å²) in [5, 5.41) is 17.2. The van der Waals surface area contributed by atoms with Crippen LogP contribution in [-0.4, -0.2) is 21.3 Å². The van der Waals surface area contributed by atoms with Gasteiger partial charge in [0, 0.05) is 10.7 Å². The number of aromatic amines is 1. The molecule has 4 rings (SSSR count). The largest absolute Gasteiger partial charge is 0.344 e. The lowest BCUT2D eigenvalue weighted by atomic mass is 10.1. The molecule has 3 aromatic rings. The fourth-order valence-electron chi connectivity index (χ4n) is 3.11. The summed E-state index contributed by atoms with van der Waals surface area (Å²) in [6.07, 6.45) is 1.85. The van der Waals surface area contributed by atoms with Crippen LogP contribution >= 0.6 is 11.6 Å². The highest BCUT2D eigenvalue weighted by atomic mass is 35.5. The minimum Gasteiger partial charge on any atom is -0.344 e. The molecular weight excluding hydrogens is 338 g/mol. The van der Waals surface area contributed by atoms with Gasteiger partial charge in [-0.1, -0.05) is 41.9 Å². The molecule has 0 bridgehead atoms. The van der Waals surface area contributed by atoms with Crippen molar-refractivity contribution >= 4 is 29.0 Å². The first-order chi connectivity index (χ1) is 12.2. The number of H-pyrrole nitrogens is 1. The van der Waals surface area contributed by atoms with Crippen molar-refractivity contribution < 1.29 is 4.79 Å². The first kappa shape index (κ1) is 15.7. The molecule has 1 atom stereocenters. The van der Waals surface area contributed by atoms with Crippen LogP contribution < -0.4 is 10.6 Å². The number of hydrogen-bond donors (Lipinski definition) is 3. The molecule has 0 aliphatic heterocycles. The van der Waals surface area contributed by atoms with Gasteiger partial charge in [0.25, 0.3) is 5.91 Å². The number of hydrogen-bond acceptors (Lipinski definition) is 4. The molecule has 1 aliphatic rings. The van der Waals surface area contributed by atoms with E-state index in [1.807, 2.05) is 24.3 Å². The van der Waals surface area contributed by atoms with Crippen molar-refractivity contribution in [1.29, 1.82) is 0 Å². The molecule has 2 aromatic carbocycles. The van der Waals surface area contributed by atoms with E-state index < -0.39 is 0 Å². The molecule has 1 aromatic heterocycles. The van der Waals surface area contributed by atoms with Crippen molar-refractivity contribution in [2.45, 2.75) is 18.9 Å². The number of halogens is 1. The number of amides is 1. The summed E-state index contributed by atoms with van der Waals surface area (Å²) in [5.41, 5.74) is 3.42. The summed E-state index contributed by atoms with van der Waals surface area (Å²) in [7, 11) is 0. The molecule has 0 radical (unpaired) electrons. The third kappa shape index (κ3) is 3.21. The molecule has 0 saturated carbocycles. The van der Waals surface area contributed by atoms with Crippen LogP contribution in [0.4, 0.5) is 11.5 Å². The molecule has 25 heavy (non-hydrogen) atoms. The van der Waals surface area contributed by atoms with E-state index in [4.69, 9.17) is 11.6 Å². The maximum Gasteiger partial charge on any atom is 0.276 e. The smallest absolute Gasteiger partial charge is 0.276 e. The van der Waals surface area contributed by atoms with Crippen molar-refractivity contribution in [2.24, 2.45) is 0 Å². The van der Waals surface area contributed by atoms with E-state index in [1.165, 1.54) is 11.1 Å². The van der Waals surface area contributed by atoms with Crippen molar-refractivity contribution in [3.63, 3.8) is 0 Å². The predicted molar refractivity (Wildman–Crippen MR) is 96.1 cm³/mol. The molecule has 0 saturated heterocycles. The zero-order valence-corrected chi connectivity index (χ0v) is 14.0. The monoisotopic (exact) mass is 353 g/mol. The van der Waals surface area contributed by atoms with Crippen molar-refractivity contribution in [2.75, 3.05) is 5.32 Å². The van der Waals surface area contributed by atoms with Crippen LogP contribution in [0.25, 0.3) is 0 Å². The van der Waals surface area contributed by atoms with Crippen LogP contribution in [0.2, 0.25) is 5.02 Å². The summed E-state index contributed by atoms with van der Waals surface area (Å²) in [5.74, 6) is 0.103. The maximum atomic E-state index is 12.6. The Kier molecular flexibility index (Phi) is 4.11. The third-order valence-electron chi connectivity index (χ3n) is 4.29. The summed E-state index contributed by atoms with van der Waals surface area (Å²) in [4.78, 5) is 12.6. The Morgan fingerprint density at radius 1 is 1.16 bits per heavy atom. The van der Waals surface area contributed by atoms with E-state index in [0.717, 1.165) is 18.5 Å². The van der Waals surface area contributed by atoms with E-state index in [2.05, 4.69) is 38.2 Å². The number of aryl methyl sites for hydroxylation is 1. The fraction of sp³-hybridized carbons (Fsp3) is 0.167. The van der Waals surface area contributed by atoms with Gasteiger partial charge < -0.3 is 10.6 Å². The predicted octanol–water partition coefficient (Wildman–Crippen LogP) is 3.62. The van der Waals surface area contributed by atoms with Gasteiger partial charge in [0.15, 0.2) is 11.5 Å². The highest BCUT2D eigenvalue weighted by molar-refractivity contribution is 6.30. The van der Waals surface area contributed by atoms with Gasteiger partial charge in [-0.2, -0.15) is 5.21 Å². The molecule has 6 nitrogen and oxygen atoms in total. The minimum atomic E-state index is -0.264. The van der Waals surface area contributed by atoms with E-state index in [-0.39, 0.29) is 17.6 Å². The van der Waals surface area contributed by atoms with E-state index in [1.54, 1.807) is 12.1 Å². The number of carbonyl (C=O) groups is 1. The summed E-state index contributed by atoms with van der Waals surface area (Å²) in [6, 6.07) is 15.4. The van der Waals surface area contributed by atoms with E-state index >= 15 is 0 Å². The molecule has 126 valence electrons. The second kappa shape index (κ2) is 6.57. The number of fused-ring (bicyclic) bond motifs is 1. The Bertz CT molecular complexity index is 923. The highest BCUT2D eigenvalue weighted by Gasteiger charge is 2.26. The molecule has 1 amide bonds. The third-order valence-corrected chi connectivity index (χ3v) is 4.52. The van der Waals surface area contributed by atoms with Crippen molar-refractivity contribution in [3.05, 3.63) is 70.4 Å². The van der Waals surface area contributed by atoms with Gasteiger partial charge in [-0.25, -0.2) is 0 Å². The number of anilines is 2. The molecule has 7 heteroatoms. The topological polar surface area (TPSA) is 82.7 Å². The number of benzene rings is 2. The van der Waals surface area contributed by atoms with Gasteiger partial charge in [-0.3, -0.25) is 4.79 Å². The van der Waals surface area contributed by atoms with Gasteiger partial charge >= 0.3 is 0 Å². The zero-order valence-electron chi connectivity index (χ0n) is 13.3. The average molecular weight is 354 g/mol. The van der Waals surface area contributed by atoms with Gasteiger partial charge in [0.05, 0.1) is 6.04 Å². The van der Waals surface area contributed by atoms with Crippen molar-refractivity contribution in [1.82, 2.24) is 20.7 Å². The molecule has 1 aliphatic carbocycles. The van der Waals surface area contributed by atoms with Crippen molar-refractivity contribution in [3.8, 4) is 0 Å². The van der Waals surface area contributed by atoms with E-state index in [9.17, 15) is 4.79 Å². The Hall–Kier alpha value is -2.86. The van der Waals surface area contributed by atoms with E-state index in [0.29, 0.717) is 10.8 Å². The molecule has 1 unspecified atom stereocenters. The van der Waals surface area contributed by atoms with Gasteiger partial charge in [0.2, 0.25) is 0 Å². The number of rotatable bonds is 4. The van der Waals surface area contributed by atoms with Crippen LogP contribution in [0.1, 0.15) is 34.1 Å². The standard InChI is InChI=1S/C18H16ClN5O/c19-12-5-3-6-13(10-12)20-17-16(22-24-23-17)18(25)21-15-9-8-11-4-1-2-7-14(11)15/h1-7,10,15H,8-9H2,(H,21,25)(H2,20,22,23,24). The number of aromatic nitrogens is 3. The minimum absolute atomic E-state index is 0.000537. The van der Waals surface area contributed by atoms with Gasteiger partial charge in [-0.05, 0) is 42.2 Å². The molecule has 0 spiro atoms. The Morgan fingerprint density at radius 3 is 2.92 bits per heavy atom. The first-order valence-electron chi connectivity index (χ1n) is 8.03. The zero-order chi connectivity index (χ0) is 17.2. The quantitative estimate of drug-likeness (QED) is 0.669. The first-order valence-corrected chi connectivity index (χ1v) is 8.40. The fourth-order valence-corrected chi connectivity index (χ4v) is 3.30.